The van der Waals surface area contributed by atoms with E-state index in [-0.39, 0.29) is 0 Å². The van der Waals surface area contributed by atoms with E-state index in [4.69, 9.17) is 18.6 Å². The van der Waals surface area contributed by atoms with Crippen molar-refractivity contribution in [2.75, 3.05) is 14.2 Å². The van der Waals surface area contributed by atoms with Gasteiger partial charge in [-0.25, -0.2) is 9.50 Å². The van der Waals surface area contributed by atoms with E-state index >= 15 is 0 Å². The number of ether oxygens (including phenoxy) is 3. The Bertz CT molecular complexity index is 1600. The molecule has 3 aromatic carbocycles. The molecule has 6 aromatic rings. The SMILES string of the molecule is COc1cc(COc2cccc(-c3cc[c]cc3)c2)c2cc(-c3cn4nc(OC)sc4n3)oc2c1. The third-order valence-corrected chi connectivity index (χ3v) is 6.55. The van der Waals surface area contributed by atoms with Crippen molar-refractivity contribution < 1.29 is 18.6 Å². The fourth-order valence-corrected chi connectivity index (χ4v) is 4.64. The van der Waals surface area contributed by atoms with E-state index in [0.29, 0.717) is 34.6 Å². The van der Waals surface area contributed by atoms with Gasteiger partial charge in [0.25, 0.3) is 5.19 Å². The summed E-state index contributed by atoms with van der Waals surface area (Å²) in [5, 5.41) is 5.84. The molecule has 0 saturated carbocycles. The number of fused-ring (bicyclic) bond motifs is 2. The van der Waals surface area contributed by atoms with E-state index in [0.717, 1.165) is 32.8 Å². The van der Waals surface area contributed by atoms with Gasteiger partial charge in [-0.1, -0.05) is 36.4 Å². The molecule has 0 spiro atoms. The monoisotopic (exact) mass is 482 g/mol. The number of hydrogen-bond acceptors (Lipinski definition) is 7. The topological polar surface area (TPSA) is 71.0 Å². The first-order valence-electron chi connectivity index (χ1n) is 10.9. The van der Waals surface area contributed by atoms with Gasteiger partial charge in [-0.05, 0) is 52.8 Å². The fraction of sp³-hybridized carbons (Fsp3) is 0.111. The van der Waals surface area contributed by atoms with Gasteiger partial charge in [-0.3, -0.25) is 0 Å². The number of methoxy groups -OCH3 is 2. The molecule has 1 radical (unpaired) electrons. The zero-order valence-corrected chi connectivity index (χ0v) is 19.8. The lowest BCUT2D eigenvalue weighted by Gasteiger charge is -2.10. The molecule has 0 unspecified atom stereocenters. The molecule has 0 amide bonds. The van der Waals surface area contributed by atoms with E-state index in [1.807, 2.05) is 66.9 Å². The first-order chi connectivity index (χ1) is 17.2. The summed E-state index contributed by atoms with van der Waals surface area (Å²) in [6.07, 6.45) is 1.83. The van der Waals surface area contributed by atoms with Crippen LogP contribution in [0.2, 0.25) is 0 Å². The maximum atomic E-state index is 6.19. The van der Waals surface area contributed by atoms with E-state index in [2.05, 4.69) is 22.2 Å². The van der Waals surface area contributed by atoms with Crippen molar-refractivity contribution in [3.05, 3.63) is 84.6 Å². The third kappa shape index (κ3) is 4.08. The van der Waals surface area contributed by atoms with Crippen molar-refractivity contribution in [2.45, 2.75) is 6.61 Å². The zero-order valence-electron chi connectivity index (χ0n) is 19.0. The third-order valence-electron chi connectivity index (χ3n) is 5.66. The molecule has 0 aliphatic rings. The van der Waals surface area contributed by atoms with Crippen LogP contribution in [0, 0.1) is 6.07 Å². The Morgan fingerprint density at radius 3 is 2.66 bits per heavy atom. The lowest BCUT2D eigenvalue weighted by atomic mass is 10.1. The molecule has 35 heavy (non-hydrogen) atoms. The minimum Gasteiger partial charge on any atom is -0.497 e. The Labute approximate surface area is 205 Å². The second kappa shape index (κ2) is 8.81. The van der Waals surface area contributed by atoms with Crippen molar-refractivity contribution in [3.8, 4) is 39.3 Å². The summed E-state index contributed by atoms with van der Waals surface area (Å²) < 4.78 is 24.7. The van der Waals surface area contributed by atoms with Crippen molar-refractivity contribution in [1.29, 1.82) is 0 Å². The van der Waals surface area contributed by atoms with E-state index in [1.165, 1.54) is 11.3 Å². The van der Waals surface area contributed by atoms with Crippen LogP contribution in [0.3, 0.4) is 0 Å². The van der Waals surface area contributed by atoms with Gasteiger partial charge in [0.2, 0.25) is 4.96 Å². The molecule has 0 saturated heterocycles. The lowest BCUT2D eigenvalue weighted by Crippen LogP contribution is -1.97. The normalized spacial score (nSPS) is 11.3. The van der Waals surface area contributed by atoms with Gasteiger partial charge in [-0.15, -0.1) is 5.10 Å². The Morgan fingerprint density at radius 1 is 0.971 bits per heavy atom. The minimum atomic E-state index is 0.357. The van der Waals surface area contributed by atoms with Crippen LogP contribution < -0.4 is 14.2 Å². The Morgan fingerprint density at radius 2 is 1.86 bits per heavy atom. The predicted molar refractivity (Wildman–Crippen MR) is 134 cm³/mol. The van der Waals surface area contributed by atoms with Crippen molar-refractivity contribution >= 4 is 27.3 Å². The number of nitrogens with zero attached hydrogens (tertiary/aromatic N) is 3. The van der Waals surface area contributed by atoms with Crippen LogP contribution in [-0.2, 0) is 6.61 Å². The van der Waals surface area contributed by atoms with Gasteiger partial charge in [0, 0.05) is 17.0 Å². The molecule has 0 aliphatic heterocycles. The molecule has 8 heteroatoms. The summed E-state index contributed by atoms with van der Waals surface area (Å²) in [7, 11) is 3.23. The summed E-state index contributed by atoms with van der Waals surface area (Å²) >= 11 is 1.37. The largest absolute Gasteiger partial charge is 0.497 e. The van der Waals surface area contributed by atoms with Gasteiger partial charge in [0.05, 0.1) is 20.4 Å². The van der Waals surface area contributed by atoms with Gasteiger partial charge >= 0.3 is 0 Å². The predicted octanol–water partition coefficient (Wildman–Crippen LogP) is 6.27. The standard InChI is InChI=1S/C27H20N3O4S/c1-31-21-12-19(16-33-20-10-6-9-18(11-20)17-7-4-3-5-8-17)22-14-25(34-24(22)13-21)23-15-30-26(28-23)35-27(29-30)32-2/h4-15H,16H2,1-2H3. The molecule has 0 aliphatic carbocycles. The van der Waals surface area contributed by atoms with E-state index in [1.54, 1.807) is 18.7 Å². The van der Waals surface area contributed by atoms with Gasteiger partial charge < -0.3 is 18.6 Å². The molecule has 7 nitrogen and oxygen atoms in total. The summed E-state index contributed by atoms with van der Waals surface area (Å²) in [5.41, 5.74) is 4.55. The fourth-order valence-electron chi connectivity index (χ4n) is 3.94. The van der Waals surface area contributed by atoms with Crippen LogP contribution in [-0.4, -0.2) is 28.8 Å². The number of benzene rings is 3. The molecular weight excluding hydrogens is 462 g/mol. The van der Waals surface area contributed by atoms with Crippen LogP contribution in [0.4, 0.5) is 0 Å². The minimum absolute atomic E-state index is 0.357. The Balaban J connectivity index is 1.31. The molecule has 0 fully saturated rings. The molecule has 173 valence electrons. The highest BCUT2D eigenvalue weighted by atomic mass is 32.1. The van der Waals surface area contributed by atoms with Crippen LogP contribution in [0.1, 0.15) is 5.56 Å². The zero-order chi connectivity index (χ0) is 23.8. The molecular formula is C27H20N3O4S. The molecule has 0 atom stereocenters. The highest BCUT2D eigenvalue weighted by Crippen LogP contribution is 2.34. The maximum absolute atomic E-state index is 6.19. The van der Waals surface area contributed by atoms with Crippen LogP contribution in [0.25, 0.3) is 38.5 Å². The Kier molecular flexibility index (Phi) is 5.35. The second-order valence-corrected chi connectivity index (χ2v) is 8.76. The van der Waals surface area contributed by atoms with Gasteiger partial charge in [0.15, 0.2) is 5.76 Å². The Hall–Kier alpha value is -4.30. The quantitative estimate of drug-likeness (QED) is 0.267. The summed E-state index contributed by atoms with van der Waals surface area (Å²) in [6, 6.07) is 24.8. The summed E-state index contributed by atoms with van der Waals surface area (Å²) in [6.45, 7) is 0.357. The maximum Gasteiger partial charge on any atom is 0.294 e. The van der Waals surface area contributed by atoms with Crippen LogP contribution in [0.5, 0.6) is 16.7 Å². The summed E-state index contributed by atoms with van der Waals surface area (Å²) in [4.78, 5) is 5.36. The first kappa shape index (κ1) is 21.2. The summed E-state index contributed by atoms with van der Waals surface area (Å²) in [5.74, 6) is 2.13. The smallest absolute Gasteiger partial charge is 0.294 e. The van der Waals surface area contributed by atoms with Crippen molar-refractivity contribution in [2.24, 2.45) is 0 Å². The van der Waals surface area contributed by atoms with Crippen LogP contribution >= 0.6 is 11.3 Å². The number of aromatic nitrogens is 3. The highest BCUT2D eigenvalue weighted by Gasteiger charge is 2.17. The average molecular weight is 483 g/mol. The number of hydrogen-bond donors (Lipinski definition) is 0. The van der Waals surface area contributed by atoms with E-state index in [9.17, 15) is 0 Å². The molecule has 6 rings (SSSR count). The average Bonchev–Trinajstić information content (AvgIpc) is 3.60. The van der Waals surface area contributed by atoms with Gasteiger partial charge in [0.1, 0.15) is 29.4 Å². The van der Waals surface area contributed by atoms with Crippen molar-refractivity contribution in [3.63, 3.8) is 0 Å². The lowest BCUT2D eigenvalue weighted by molar-refractivity contribution is 0.307. The number of rotatable bonds is 7. The molecule has 0 bridgehead atoms. The second-order valence-electron chi connectivity index (χ2n) is 7.84. The highest BCUT2D eigenvalue weighted by molar-refractivity contribution is 7.18. The molecule has 3 aromatic heterocycles. The molecule has 0 N–H and O–H groups in total. The van der Waals surface area contributed by atoms with Gasteiger partial charge in [-0.2, -0.15) is 0 Å². The number of imidazole rings is 1. The van der Waals surface area contributed by atoms with E-state index < -0.39 is 0 Å². The first-order valence-corrected chi connectivity index (χ1v) is 11.7. The molecule has 3 heterocycles. The van der Waals surface area contributed by atoms with Crippen LogP contribution in [0.15, 0.2) is 77.3 Å². The number of furan rings is 1. The van der Waals surface area contributed by atoms with Crippen molar-refractivity contribution in [1.82, 2.24) is 14.6 Å².